The van der Waals surface area contributed by atoms with Gasteiger partial charge in [-0.05, 0) is 60.0 Å². The molecule has 0 saturated heterocycles. The van der Waals surface area contributed by atoms with Crippen LogP contribution in [0.25, 0.3) is 33.5 Å². The van der Waals surface area contributed by atoms with Gasteiger partial charge >= 0.3 is 0 Å². The number of amides is 1. The second-order valence-electron chi connectivity index (χ2n) is 8.94. The molecule has 0 spiro atoms. The van der Waals surface area contributed by atoms with Gasteiger partial charge in [-0.15, -0.1) is 0 Å². The lowest BCUT2D eigenvalue weighted by Crippen LogP contribution is -2.15. The van der Waals surface area contributed by atoms with Crippen molar-refractivity contribution in [2.45, 2.75) is 19.3 Å². The molecule has 3 N–H and O–H groups in total. The molecule has 6 rings (SSSR count). The van der Waals surface area contributed by atoms with E-state index in [1.807, 2.05) is 56.7 Å². The van der Waals surface area contributed by atoms with E-state index in [9.17, 15) is 4.79 Å². The molecule has 1 saturated carbocycles. The minimum atomic E-state index is -0.0698. The molecule has 0 aliphatic heterocycles. The van der Waals surface area contributed by atoms with Crippen molar-refractivity contribution in [2.75, 3.05) is 11.1 Å². The average molecular weight is 466 g/mol. The molecular formula is C26H23N7O2. The van der Waals surface area contributed by atoms with E-state index in [1.165, 1.54) is 0 Å². The van der Waals surface area contributed by atoms with Crippen LogP contribution in [0.5, 0.6) is 0 Å². The number of carbonyl (C=O) groups excluding carboxylic acids is 1. The van der Waals surface area contributed by atoms with Crippen LogP contribution in [0, 0.1) is 12.8 Å². The first-order valence-corrected chi connectivity index (χ1v) is 11.3. The van der Waals surface area contributed by atoms with Crippen LogP contribution in [0.15, 0.2) is 65.8 Å². The minimum Gasteiger partial charge on any atom is -0.445 e. The van der Waals surface area contributed by atoms with Gasteiger partial charge in [0.05, 0.1) is 18.1 Å². The maximum atomic E-state index is 12.8. The highest BCUT2D eigenvalue weighted by atomic mass is 16.3. The number of carbonyl (C=O) groups is 1. The van der Waals surface area contributed by atoms with Crippen molar-refractivity contribution in [1.82, 2.24) is 24.7 Å². The van der Waals surface area contributed by atoms with E-state index in [4.69, 9.17) is 10.2 Å². The fraction of sp³-hybridized carbons (Fsp3) is 0.192. The highest BCUT2D eigenvalue weighted by molar-refractivity contribution is 5.99. The first-order valence-electron chi connectivity index (χ1n) is 11.3. The molecule has 2 atom stereocenters. The van der Waals surface area contributed by atoms with E-state index >= 15 is 0 Å². The number of aromatic nitrogens is 5. The third-order valence-corrected chi connectivity index (χ3v) is 6.46. The molecule has 35 heavy (non-hydrogen) atoms. The summed E-state index contributed by atoms with van der Waals surface area (Å²) in [7, 11) is 1.88. The van der Waals surface area contributed by atoms with Crippen LogP contribution in [0.3, 0.4) is 0 Å². The minimum absolute atomic E-state index is 0.0362. The van der Waals surface area contributed by atoms with Crippen LogP contribution in [0.2, 0.25) is 0 Å². The van der Waals surface area contributed by atoms with E-state index in [0.29, 0.717) is 17.5 Å². The van der Waals surface area contributed by atoms with Gasteiger partial charge in [0.25, 0.3) is 0 Å². The smallest absolute Gasteiger partial charge is 0.229 e. The zero-order valence-corrected chi connectivity index (χ0v) is 19.3. The Morgan fingerprint density at radius 1 is 1.20 bits per heavy atom. The third kappa shape index (κ3) is 3.90. The first kappa shape index (κ1) is 21.0. The lowest BCUT2D eigenvalue weighted by Gasteiger charge is -2.11. The molecule has 0 radical (unpaired) electrons. The van der Waals surface area contributed by atoms with Gasteiger partial charge in [0.2, 0.25) is 11.8 Å². The molecule has 9 heteroatoms. The van der Waals surface area contributed by atoms with Crippen molar-refractivity contribution >= 4 is 28.3 Å². The summed E-state index contributed by atoms with van der Waals surface area (Å²) >= 11 is 0. The molecule has 1 aromatic carbocycles. The molecular weight excluding hydrogens is 442 g/mol. The number of nitrogens with zero attached hydrogens (tertiary/aromatic N) is 5. The molecule has 9 nitrogen and oxygen atoms in total. The second kappa shape index (κ2) is 8.05. The number of hydrogen-bond acceptors (Lipinski definition) is 7. The largest absolute Gasteiger partial charge is 0.445 e. The predicted molar refractivity (Wildman–Crippen MR) is 132 cm³/mol. The molecule has 174 valence electrons. The van der Waals surface area contributed by atoms with Gasteiger partial charge in [-0.25, -0.2) is 15.0 Å². The zero-order valence-electron chi connectivity index (χ0n) is 19.3. The van der Waals surface area contributed by atoms with Crippen LogP contribution >= 0.6 is 0 Å². The van der Waals surface area contributed by atoms with Crippen LogP contribution in [0.4, 0.5) is 11.6 Å². The Kier molecular flexibility index (Phi) is 4.84. The maximum Gasteiger partial charge on any atom is 0.229 e. The van der Waals surface area contributed by atoms with E-state index < -0.39 is 0 Å². The van der Waals surface area contributed by atoms with Crippen molar-refractivity contribution in [3.63, 3.8) is 0 Å². The molecule has 4 aromatic heterocycles. The fourth-order valence-corrected chi connectivity index (χ4v) is 4.53. The van der Waals surface area contributed by atoms with Crippen molar-refractivity contribution in [3.05, 3.63) is 72.5 Å². The van der Waals surface area contributed by atoms with E-state index in [1.54, 1.807) is 23.3 Å². The lowest BCUT2D eigenvalue weighted by molar-refractivity contribution is -0.117. The summed E-state index contributed by atoms with van der Waals surface area (Å²) in [6.45, 7) is 2.01. The van der Waals surface area contributed by atoms with Gasteiger partial charge in [-0.1, -0.05) is 6.07 Å². The summed E-state index contributed by atoms with van der Waals surface area (Å²) in [5.74, 6) is 1.55. The van der Waals surface area contributed by atoms with Gasteiger partial charge in [0.15, 0.2) is 0 Å². The van der Waals surface area contributed by atoms with Gasteiger partial charge in [0, 0.05) is 41.9 Å². The Bertz CT molecular complexity index is 1570. The molecule has 1 aliphatic rings. The van der Waals surface area contributed by atoms with Gasteiger partial charge < -0.3 is 15.5 Å². The molecule has 0 unspecified atom stereocenters. The number of nitrogens with one attached hydrogen (secondary N) is 1. The first-order chi connectivity index (χ1) is 17.0. The van der Waals surface area contributed by atoms with Crippen molar-refractivity contribution < 1.29 is 9.21 Å². The Morgan fingerprint density at radius 3 is 2.83 bits per heavy atom. The number of aryl methyl sites for hydroxylation is 2. The van der Waals surface area contributed by atoms with Crippen molar-refractivity contribution in [3.8, 4) is 22.7 Å². The number of oxazole rings is 1. The number of pyridine rings is 2. The monoisotopic (exact) mass is 465 g/mol. The number of anilines is 2. The molecule has 1 fully saturated rings. The number of fused-ring (bicyclic) bond motifs is 1. The summed E-state index contributed by atoms with van der Waals surface area (Å²) in [4.78, 5) is 26.0. The van der Waals surface area contributed by atoms with Gasteiger partial charge in [0.1, 0.15) is 17.9 Å². The van der Waals surface area contributed by atoms with Crippen LogP contribution < -0.4 is 11.1 Å². The van der Waals surface area contributed by atoms with Crippen LogP contribution in [0.1, 0.15) is 23.5 Å². The fourth-order valence-electron chi connectivity index (χ4n) is 4.53. The van der Waals surface area contributed by atoms with E-state index in [0.717, 1.165) is 45.1 Å². The Balaban J connectivity index is 1.26. The summed E-state index contributed by atoms with van der Waals surface area (Å²) in [5, 5.41) is 8.75. The third-order valence-electron chi connectivity index (χ3n) is 6.46. The quantitative estimate of drug-likeness (QED) is 0.396. The normalized spacial score (nSPS) is 17.0. The molecule has 0 bridgehead atoms. The summed E-state index contributed by atoms with van der Waals surface area (Å²) in [6.07, 6.45) is 9.43. The van der Waals surface area contributed by atoms with Gasteiger partial charge in [-0.3, -0.25) is 9.48 Å². The second-order valence-corrected chi connectivity index (χ2v) is 8.94. The van der Waals surface area contributed by atoms with Crippen molar-refractivity contribution in [1.29, 1.82) is 0 Å². The summed E-state index contributed by atoms with van der Waals surface area (Å²) in [5.41, 5.74) is 11.0. The predicted octanol–water partition coefficient (Wildman–Crippen LogP) is 4.32. The Morgan fingerprint density at radius 2 is 2.09 bits per heavy atom. The Labute approximate surface area is 201 Å². The maximum absolute atomic E-state index is 12.8. The van der Waals surface area contributed by atoms with E-state index in [-0.39, 0.29) is 17.7 Å². The average Bonchev–Trinajstić information content (AvgIpc) is 3.22. The number of nitrogen functional groups attached to an aromatic ring is 1. The van der Waals surface area contributed by atoms with E-state index in [2.05, 4.69) is 25.4 Å². The molecule has 1 amide bonds. The zero-order chi connectivity index (χ0) is 24.1. The Hall–Kier alpha value is -4.53. The highest BCUT2D eigenvalue weighted by Crippen LogP contribution is 2.47. The van der Waals surface area contributed by atoms with Crippen LogP contribution in [-0.4, -0.2) is 30.6 Å². The number of hydrogen-bond donors (Lipinski definition) is 2. The molecule has 4 heterocycles. The number of benzene rings is 1. The summed E-state index contributed by atoms with van der Waals surface area (Å²) in [6, 6.07) is 9.75. The molecule has 1 aliphatic carbocycles. The van der Waals surface area contributed by atoms with Crippen molar-refractivity contribution in [2.24, 2.45) is 13.0 Å². The molecule has 5 aromatic rings. The topological polar surface area (TPSA) is 125 Å². The summed E-state index contributed by atoms with van der Waals surface area (Å²) < 4.78 is 7.16. The number of rotatable bonds is 5. The number of nitrogens with two attached hydrogens (primary N) is 1. The standard InChI is InChI=1S/C26H23N7O2/c1-14-7-15(26-28-5-6-35-26)3-4-18(14)22-8-16-9-23(29-12-21(16)24(27)31-22)32-25(34)20-10-19(20)17-11-30-33(2)13-17/h3-9,11-13,19-20H,10H2,1-2H3,(H2,27,31)(H,29,32,34)/t19-,20+/m1/s1. The highest BCUT2D eigenvalue weighted by Gasteiger charge is 2.44. The lowest BCUT2D eigenvalue weighted by atomic mass is 10.0. The van der Waals surface area contributed by atoms with Gasteiger partial charge in [-0.2, -0.15) is 5.10 Å². The SMILES string of the molecule is Cc1cc(-c2ncco2)ccc1-c1cc2cc(NC(=O)[C@H]3C[C@@H]3c3cnn(C)c3)ncc2c(N)n1. The van der Waals surface area contributed by atoms with Crippen LogP contribution in [-0.2, 0) is 11.8 Å².